The van der Waals surface area contributed by atoms with E-state index >= 15 is 0 Å². The normalized spacial score (nSPS) is 24.2. The average Bonchev–Trinajstić information content (AvgIpc) is 3.51. The lowest BCUT2D eigenvalue weighted by Crippen LogP contribution is -2.40. The summed E-state index contributed by atoms with van der Waals surface area (Å²) in [6.07, 6.45) is 2.26. The number of hydrogen-bond donors (Lipinski definition) is 0. The van der Waals surface area contributed by atoms with E-state index in [1.807, 2.05) is 0 Å². The molecule has 0 amide bonds. The third-order valence-electron chi connectivity index (χ3n) is 5.07. The number of ketones is 1. The lowest BCUT2D eigenvalue weighted by molar-refractivity contribution is -0.131. The van der Waals surface area contributed by atoms with Crippen molar-refractivity contribution in [3.63, 3.8) is 0 Å². The number of alkyl halides is 2. The number of ether oxygens (including phenoxy) is 3. The van der Waals surface area contributed by atoms with Crippen LogP contribution in [0.5, 0.6) is 11.5 Å². The van der Waals surface area contributed by atoms with Crippen LogP contribution in [0.25, 0.3) is 0 Å². The summed E-state index contributed by atoms with van der Waals surface area (Å²) in [5.41, 5.74) is -0.547. The second-order valence-corrected chi connectivity index (χ2v) is 7.02. The first-order valence-corrected chi connectivity index (χ1v) is 8.98. The van der Waals surface area contributed by atoms with E-state index in [1.54, 1.807) is 0 Å². The second-order valence-electron chi connectivity index (χ2n) is 7.02. The molecule has 0 N–H and O–H groups in total. The quantitative estimate of drug-likeness (QED) is 0.499. The fourth-order valence-corrected chi connectivity index (χ4v) is 3.30. The molecule has 6 nitrogen and oxygen atoms in total. The van der Waals surface area contributed by atoms with Gasteiger partial charge in [-0.1, -0.05) is 6.07 Å². The molecule has 148 valence electrons. The van der Waals surface area contributed by atoms with Gasteiger partial charge in [-0.05, 0) is 42.9 Å². The molecule has 2 saturated carbocycles. The summed E-state index contributed by atoms with van der Waals surface area (Å²) in [6.45, 7) is -2.61. The zero-order chi connectivity index (χ0) is 20.1. The smallest absolute Gasteiger partial charge is 0.387 e. The molecule has 8 heteroatoms. The maximum atomic E-state index is 12.7. The highest BCUT2D eigenvalue weighted by Gasteiger charge is 2.43. The van der Waals surface area contributed by atoms with Gasteiger partial charge in [-0.25, -0.2) is 4.79 Å². The summed E-state index contributed by atoms with van der Waals surface area (Å²) in [6, 6.07) is 6.62. The minimum absolute atomic E-state index is 0.0393. The third-order valence-corrected chi connectivity index (χ3v) is 5.07. The van der Waals surface area contributed by atoms with Gasteiger partial charge in [0, 0.05) is 12.8 Å². The lowest BCUT2D eigenvalue weighted by Gasteiger charge is -2.34. The van der Waals surface area contributed by atoms with Gasteiger partial charge >= 0.3 is 6.61 Å². The standard InChI is InChI=1S/C20H19F2NO5/c21-19(22)28-16-4-3-14(9-17(16)27-11-13-1-2-13)20(12-23)6-5-15(25)18(10-20)26-8-7-24/h3-4,8-9,13,18-19H,1-2,5-6,10-11H2. The van der Waals surface area contributed by atoms with E-state index in [0.29, 0.717) is 18.1 Å². The van der Waals surface area contributed by atoms with Crippen LogP contribution in [0.1, 0.15) is 37.7 Å². The van der Waals surface area contributed by atoms with E-state index < -0.39 is 18.1 Å². The van der Waals surface area contributed by atoms with Crippen LogP contribution in [0.2, 0.25) is 0 Å². The minimum Gasteiger partial charge on any atom is -0.489 e. The first-order valence-electron chi connectivity index (χ1n) is 8.98. The van der Waals surface area contributed by atoms with Crippen molar-refractivity contribution in [1.29, 1.82) is 5.26 Å². The van der Waals surface area contributed by atoms with Crippen molar-refractivity contribution >= 4 is 11.7 Å². The molecule has 0 heterocycles. The van der Waals surface area contributed by atoms with Gasteiger partial charge in [-0.3, -0.25) is 4.79 Å². The van der Waals surface area contributed by atoms with E-state index in [-0.39, 0.29) is 36.5 Å². The van der Waals surface area contributed by atoms with E-state index in [1.165, 1.54) is 24.1 Å². The van der Waals surface area contributed by atoms with Gasteiger partial charge < -0.3 is 14.2 Å². The summed E-state index contributed by atoms with van der Waals surface area (Å²) < 4.78 is 40.7. The van der Waals surface area contributed by atoms with Crippen molar-refractivity contribution in [2.24, 2.45) is 5.92 Å². The Labute approximate surface area is 160 Å². The van der Waals surface area contributed by atoms with E-state index in [2.05, 4.69) is 10.8 Å². The molecule has 0 bridgehead atoms. The summed E-state index contributed by atoms with van der Waals surface area (Å²) in [5.74, 6) is 1.68. The lowest BCUT2D eigenvalue weighted by atomic mass is 9.69. The maximum Gasteiger partial charge on any atom is 0.387 e. The van der Waals surface area contributed by atoms with Gasteiger partial charge in [0.25, 0.3) is 0 Å². The largest absolute Gasteiger partial charge is 0.489 e. The zero-order valence-electron chi connectivity index (χ0n) is 15.0. The molecule has 0 spiro atoms. The molecule has 0 aliphatic heterocycles. The van der Waals surface area contributed by atoms with Crippen molar-refractivity contribution in [1.82, 2.24) is 0 Å². The molecule has 0 radical (unpaired) electrons. The average molecular weight is 391 g/mol. The molecule has 2 aliphatic carbocycles. The number of benzene rings is 1. The number of nitriles is 1. The molecule has 1 aromatic rings. The van der Waals surface area contributed by atoms with E-state index in [0.717, 1.165) is 19.1 Å². The topological polar surface area (TPSA) is 85.6 Å². The van der Waals surface area contributed by atoms with Crippen LogP contribution in [-0.4, -0.2) is 31.0 Å². The first kappa shape index (κ1) is 19.8. The predicted octanol–water partition coefficient (Wildman–Crippen LogP) is 3.32. The summed E-state index contributed by atoms with van der Waals surface area (Å²) in [7, 11) is 0. The van der Waals surface area contributed by atoms with Crippen LogP contribution in [-0.2, 0) is 19.7 Å². The van der Waals surface area contributed by atoms with Crippen molar-refractivity contribution in [3.05, 3.63) is 30.0 Å². The number of rotatable bonds is 8. The monoisotopic (exact) mass is 391 g/mol. The summed E-state index contributed by atoms with van der Waals surface area (Å²) in [4.78, 5) is 22.4. The fraction of sp³-hybridized carbons (Fsp3) is 0.500. The van der Waals surface area contributed by atoms with Crippen molar-refractivity contribution < 1.29 is 32.6 Å². The van der Waals surface area contributed by atoms with Gasteiger partial charge in [0.2, 0.25) is 0 Å². The van der Waals surface area contributed by atoms with Gasteiger partial charge in [0.1, 0.15) is 0 Å². The highest BCUT2D eigenvalue weighted by molar-refractivity contribution is 5.85. The zero-order valence-corrected chi connectivity index (χ0v) is 15.0. The minimum atomic E-state index is -3.00. The second kappa shape index (κ2) is 8.41. The van der Waals surface area contributed by atoms with Crippen LogP contribution in [0.4, 0.5) is 8.78 Å². The van der Waals surface area contributed by atoms with Gasteiger partial charge in [-0.2, -0.15) is 14.0 Å². The Kier molecular flexibility index (Phi) is 5.96. The Hall–Kier alpha value is -2.91. The highest BCUT2D eigenvalue weighted by Crippen LogP contribution is 2.43. The molecule has 1 aromatic carbocycles. The molecular weight excluding hydrogens is 372 g/mol. The van der Waals surface area contributed by atoms with Gasteiger partial charge in [0.15, 0.2) is 35.6 Å². The number of halogens is 2. The Bertz CT molecular complexity index is 826. The molecule has 0 aromatic heterocycles. The Morgan fingerprint density at radius 2 is 2.11 bits per heavy atom. The predicted molar refractivity (Wildman–Crippen MR) is 92.6 cm³/mol. The van der Waals surface area contributed by atoms with Crippen molar-refractivity contribution in [2.45, 2.75) is 50.2 Å². The molecule has 2 aliphatic rings. The highest BCUT2D eigenvalue weighted by atomic mass is 19.3. The Morgan fingerprint density at radius 1 is 1.32 bits per heavy atom. The van der Waals surface area contributed by atoms with Crippen molar-refractivity contribution in [3.8, 4) is 17.6 Å². The van der Waals surface area contributed by atoms with Gasteiger partial charge in [-0.15, -0.1) is 0 Å². The van der Waals surface area contributed by atoms with E-state index in [9.17, 15) is 23.6 Å². The summed E-state index contributed by atoms with van der Waals surface area (Å²) in [5, 5.41) is 9.86. The molecule has 28 heavy (non-hydrogen) atoms. The van der Waals surface area contributed by atoms with Crippen molar-refractivity contribution in [2.75, 3.05) is 6.61 Å². The number of carbonyl (C=O) groups is 1. The van der Waals surface area contributed by atoms with Crippen LogP contribution in [0.15, 0.2) is 24.5 Å². The Morgan fingerprint density at radius 3 is 2.75 bits per heavy atom. The molecule has 3 rings (SSSR count). The SMILES string of the molecule is N#CC1(c2ccc(OC(F)F)c(OCC3CC3)c2)CCC(=O)C(OC=C=O)C1. The number of hydrogen-bond acceptors (Lipinski definition) is 6. The molecule has 2 unspecified atom stereocenters. The molecule has 2 fully saturated rings. The summed E-state index contributed by atoms with van der Waals surface area (Å²) >= 11 is 0. The Balaban J connectivity index is 1.90. The molecule has 0 saturated heterocycles. The molecule has 2 atom stereocenters. The van der Waals surface area contributed by atoms with Crippen LogP contribution < -0.4 is 9.47 Å². The van der Waals surface area contributed by atoms with Gasteiger partial charge in [0.05, 0.1) is 18.1 Å². The maximum absolute atomic E-state index is 12.7. The molecular formula is C20H19F2NO5. The van der Waals surface area contributed by atoms with Crippen LogP contribution >= 0.6 is 0 Å². The first-order chi connectivity index (χ1) is 13.5. The number of nitrogens with zero attached hydrogens (tertiary/aromatic N) is 1. The number of carbonyl (C=O) groups excluding carboxylic acids is 2. The third kappa shape index (κ3) is 4.49. The van der Waals surface area contributed by atoms with Crippen LogP contribution in [0.3, 0.4) is 0 Å². The van der Waals surface area contributed by atoms with E-state index in [4.69, 9.17) is 9.47 Å². The fourth-order valence-electron chi connectivity index (χ4n) is 3.30. The van der Waals surface area contributed by atoms with Crippen LogP contribution in [0, 0.1) is 17.2 Å². The number of Topliss-reactive ketones (excluding diaryl/α,β-unsaturated/α-hetero) is 1.